The summed E-state index contributed by atoms with van der Waals surface area (Å²) in [6, 6.07) is -0.0802. The molecule has 0 bridgehead atoms. The summed E-state index contributed by atoms with van der Waals surface area (Å²) >= 11 is 3.88. The van der Waals surface area contributed by atoms with E-state index in [-0.39, 0.29) is 6.04 Å². The highest BCUT2D eigenvalue weighted by Crippen LogP contribution is 1.78. The van der Waals surface area contributed by atoms with Crippen LogP contribution >= 0.6 is 12.6 Å². The Hall–Kier alpha value is -0.0200. The molecule has 0 aromatic heterocycles. The van der Waals surface area contributed by atoms with Crippen molar-refractivity contribution in [3.05, 3.63) is 0 Å². The third-order valence-electron chi connectivity index (χ3n) is 0.732. The fourth-order valence-corrected chi connectivity index (χ4v) is 0.471. The molecule has 0 heterocycles. The van der Waals surface area contributed by atoms with E-state index in [0.29, 0.717) is 5.75 Å². The van der Waals surface area contributed by atoms with Gasteiger partial charge in [0.2, 0.25) is 0 Å². The highest BCUT2D eigenvalue weighted by Gasteiger charge is 1.95. The van der Waals surface area contributed by atoms with Crippen LogP contribution < -0.4 is 5.32 Å². The number of hydrogen-bond acceptors (Lipinski definition) is 3. The summed E-state index contributed by atoms with van der Waals surface area (Å²) < 4.78 is 0. The number of carbonyl (C=O) groups excluding carboxylic acids is 1. The van der Waals surface area contributed by atoms with Crippen molar-refractivity contribution >= 4 is 18.9 Å². The van der Waals surface area contributed by atoms with Crippen molar-refractivity contribution in [3.63, 3.8) is 0 Å². The number of hydrogen-bond donors (Lipinski definition) is 2. The smallest absolute Gasteiger partial charge is 0.137 e. The van der Waals surface area contributed by atoms with E-state index < -0.39 is 0 Å². The first-order valence-corrected chi connectivity index (χ1v) is 2.71. The molecular weight excluding hydrogens is 110 g/mol. The molecule has 0 spiro atoms. The highest BCUT2D eigenvalue weighted by molar-refractivity contribution is 7.80. The molecule has 0 fully saturated rings. The van der Waals surface area contributed by atoms with Gasteiger partial charge in [0.25, 0.3) is 0 Å². The largest absolute Gasteiger partial charge is 0.310 e. The molecule has 0 aliphatic carbocycles. The summed E-state index contributed by atoms with van der Waals surface area (Å²) in [7, 11) is 1.73. The van der Waals surface area contributed by atoms with Crippen LogP contribution in [0.4, 0.5) is 0 Å². The van der Waals surface area contributed by atoms with E-state index in [1.54, 1.807) is 7.05 Å². The summed E-state index contributed by atoms with van der Waals surface area (Å²) in [4.78, 5) is 9.86. The lowest BCUT2D eigenvalue weighted by Crippen LogP contribution is -2.27. The van der Waals surface area contributed by atoms with Crippen LogP contribution in [-0.2, 0) is 4.79 Å². The molecule has 0 saturated heterocycles. The fourth-order valence-electron chi connectivity index (χ4n) is 0.202. The molecule has 7 heavy (non-hydrogen) atoms. The van der Waals surface area contributed by atoms with Crippen molar-refractivity contribution in [2.45, 2.75) is 6.04 Å². The second kappa shape index (κ2) is 4.15. The van der Waals surface area contributed by atoms with Crippen LogP contribution in [-0.4, -0.2) is 25.1 Å². The summed E-state index contributed by atoms with van der Waals surface area (Å²) in [5.74, 6) is 0.569. The standard InChI is InChI=1S/C4H9NOS/c1-5-4(2-6)3-7/h2,4-5,7H,3H2,1H3/t4-/m0/s1. The molecule has 2 nitrogen and oxygen atoms in total. The van der Waals surface area contributed by atoms with Crippen LogP contribution in [0.5, 0.6) is 0 Å². The number of aldehydes is 1. The predicted molar refractivity (Wildman–Crippen MR) is 32.8 cm³/mol. The molecule has 1 atom stereocenters. The van der Waals surface area contributed by atoms with Crippen molar-refractivity contribution in [2.24, 2.45) is 0 Å². The van der Waals surface area contributed by atoms with Crippen molar-refractivity contribution in [1.29, 1.82) is 0 Å². The number of rotatable bonds is 3. The van der Waals surface area contributed by atoms with Crippen molar-refractivity contribution in [2.75, 3.05) is 12.8 Å². The minimum absolute atomic E-state index is 0.0802. The zero-order valence-electron chi connectivity index (χ0n) is 4.22. The molecule has 0 radical (unpaired) electrons. The molecule has 0 aliphatic heterocycles. The van der Waals surface area contributed by atoms with Gasteiger partial charge in [-0.25, -0.2) is 0 Å². The zero-order chi connectivity index (χ0) is 5.70. The lowest BCUT2D eigenvalue weighted by atomic mass is 10.4. The van der Waals surface area contributed by atoms with Gasteiger partial charge in [-0.2, -0.15) is 12.6 Å². The summed E-state index contributed by atoms with van der Waals surface area (Å²) in [5.41, 5.74) is 0. The number of carbonyl (C=O) groups is 1. The van der Waals surface area contributed by atoms with Crippen molar-refractivity contribution < 1.29 is 4.79 Å². The Bertz CT molecular complexity index is 53.7. The maximum atomic E-state index is 9.86. The summed E-state index contributed by atoms with van der Waals surface area (Å²) in [5, 5.41) is 2.76. The minimum Gasteiger partial charge on any atom is -0.310 e. The van der Waals surface area contributed by atoms with Crippen molar-refractivity contribution in [3.8, 4) is 0 Å². The Morgan fingerprint density at radius 2 is 2.57 bits per heavy atom. The molecule has 3 heteroatoms. The zero-order valence-corrected chi connectivity index (χ0v) is 5.11. The Kier molecular flexibility index (Phi) is 4.14. The van der Waals surface area contributed by atoms with E-state index in [1.165, 1.54) is 0 Å². The first-order chi connectivity index (χ1) is 3.35. The Morgan fingerprint density at radius 1 is 2.00 bits per heavy atom. The van der Waals surface area contributed by atoms with Crippen LogP contribution in [0.25, 0.3) is 0 Å². The molecule has 0 unspecified atom stereocenters. The molecule has 1 N–H and O–H groups in total. The van der Waals surface area contributed by atoms with E-state index in [1.807, 2.05) is 0 Å². The fraction of sp³-hybridized carbons (Fsp3) is 0.750. The lowest BCUT2D eigenvalue weighted by Gasteiger charge is -2.00. The normalized spacial score (nSPS) is 13.4. The average molecular weight is 119 g/mol. The average Bonchev–Trinajstić information content (AvgIpc) is 1.72. The Balaban J connectivity index is 3.16. The predicted octanol–water partition coefficient (Wildman–Crippen LogP) is -0.297. The van der Waals surface area contributed by atoms with Gasteiger partial charge in [0, 0.05) is 5.75 Å². The Morgan fingerprint density at radius 3 is 2.57 bits per heavy atom. The van der Waals surface area contributed by atoms with Crippen LogP contribution in [0.3, 0.4) is 0 Å². The second-order valence-corrected chi connectivity index (χ2v) is 1.58. The van der Waals surface area contributed by atoms with E-state index in [2.05, 4.69) is 17.9 Å². The summed E-state index contributed by atoms with van der Waals surface area (Å²) in [6.07, 6.45) is 0.840. The molecule has 0 aromatic carbocycles. The molecule has 42 valence electrons. The molecular formula is C4H9NOS. The van der Waals surface area contributed by atoms with Gasteiger partial charge in [-0.15, -0.1) is 0 Å². The monoisotopic (exact) mass is 119 g/mol. The van der Waals surface area contributed by atoms with E-state index >= 15 is 0 Å². The van der Waals surface area contributed by atoms with Gasteiger partial charge in [0.15, 0.2) is 0 Å². The first-order valence-electron chi connectivity index (χ1n) is 2.08. The van der Waals surface area contributed by atoms with Gasteiger partial charge in [-0.1, -0.05) is 0 Å². The van der Waals surface area contributed by atoms with Gasteiger partial charge in [0.1, 0.15) is 6.29 Å². The van der Waals surface area contributed by atoms with E-state index in [0.717, 1.165) is 6.29 Å². The maximum Gasteiger partial charge on any atom is 0.137 e. The lowest BCUT2D eigenvalue weighted by molar-refractivity contribution is -0.109. The van der Waals surface area contributed by atoms with Gasteiger partial charge < -0.3 is 10.1 Å². The van der Waals surface area contributed by atoms with Crippen molar-refractivity contribution in [1.82, 2.24) is 5.32 Å². The number of likely N-dealkylation sites (N-methyl/N-ethyl adjacent to an activating group) is 1. The SMILES string of the molecule is CN[C@@H](C=O)CS. The quantitative estimate of drug-likeness (QED) is 0.394. The minimum atomic E-state index is -0.0802. The molecule has 0 saturated carbocycles. The molecule has 0 aliphatic rings. The van der Waals surface area contributed by atoms with E-state index in [4.69, 9.17) is 0 Å². The number of nitrogens with one attached hydrogen (secondary N) is 1. The maximum absolute atomic E-state index is 9.86. The molecule has 0 aromatic rings. The van der Waals surface area contributed by atoms with Gasteiger partial charge in [0.05, 0.1) is 6.04 Å². The third kappa shape index (κ3) is 2.65. The Labute approximate surface area is 48.7 Å². The highest BCUT2D eigenvalue weighted by atomic mass is 32.1. The molecule has 0 rings (SSSR count). The van der Waals surface area contributed by atoms with Gasteiger partial charge in [-0.3, -0.25) is 0 Å². The van der Waals surface area contributed by atoms with Crippen LogP contribution in [0.2, 0.25) is 0 Å². The second-order valence-electron chi connectivity index (χ2n) is 1.21. The van der Waals surface area contributed by atoms with Gasteiger partial charge >= 0.3 is 0 Å². The topological polar surface area (TPSA) is 29.1 Å². The van der Waals surface area contributed by atoms with E-state index in [9.17, 15) is 4.79 Å². The van der Waals surface area contributed by atoms with Gasteiger partial charge in [-0.05, 0) is 7.05 Å². The third-order valence-corrected chi connectivity index (χ3v) is 1.13. The first kappa shape index (κ1) is 6.98. The van der Waals surface area contributed by atoms with Crippen LogP contribution in [0.1, 0.15) is 0 Å². The summed E-state index contributed by atoms with van der Waals surface area (Å²) in [6.45, 7) is 0. The van der Waals surface area contributed by atoms with Crippen LogP contribution in [0, 0.1) is 0 Å². The number of thiol groups is 1. The molecule has 0 amide bonds. The van der Waals surface area contributed by atoms with Crippen LogP contribution in [0.15, 0.2) is 0 Å².